The van der Waals surface area contributed by atoms with E-state index in [0.29, 0.717) is 50.7 Å². The number of carbonyl (C=O) groups excluding carboxylic acids is 5. The zero-order chi connectivity index (χ0) is 67.9. The van der Waals surface area contributed by atoms with E-state index in [0.717, 1.165) is 6.92 Å². The molecule has 0 aromatic heterocycles. The van der Waals surface area contributed by atoms with Crippen LogP contribution in [0.5, 0.6) is 0 Å². The Morgan fingerprint density at radius 2 is 1.25 bits per heavy atom. The minimum absolute atomic E-state index is 0.0405. The summed E-state index contributed by atoms with van der Waals surface area (Å²) in [6, 6.07) is -1.80. The van der Waals surface area contributed by atoms with Crippen molar-refractivity contribution in [2.45, 2.75) is 237 Å². The van der Waals surface area contributed by atoms with Gasteiger partial charge in [0.25, 0.3) is 5.79 Å². The molecule has 0 aliphatic carbocycles. The molecule has 6 heterocycles. The molecule has 6 aliphatic heterocycles. The van der Waals surface area contributed by atoms with Crippen LogP contribution in [0.4, 0.5) is 0 Å². The molecule has 0 saturated carbocycles. The van der Waals surface area contributed by atoms with E-state index in [1.165, 1.54) is 30.5 Å². The van der Waals surface area contributed by atoms with Crippen molar-refractivity contribution < 1.29 is 153 Å². The molecule has 11 unspecified atom stereocenters. The van der Waals surface area contributed by atoms with Crippen molar-refractivity contribution >= 4 is 47.3 Å². The number of imide groups is 1. The van der Waals surface area contributed by atoms with Gasteiger partial charge in [-0.2, -0.15) is 0 Å². The maximum absolute atomic E-state index is 13.4. The monoisotopic (exact) mass is 1350 g/mol. The minimum Gasteiger partial charge on any atom is -0.477 e. The topological polar surface area (TPSA) is 538 Å². The number of carboxylic acids is 1. The fourth-order valence-electron chi connectivity index (χ4n) is 11.7. The van der Waals surface area contributed by atoms with Crippen LogP contribution >= 0.6 is 11.8 Å². The van der Waals surface area contributed by atoms with E-state index in [2.05, 4.69) is 16.0 Å². The van der Waals surface area contributed by atoms with Crippen molar-refractivity contribution in [2.75, 3.05) is 65.5 Å². The summed E-state index contributed by atoms with van der Waals surface area (Å²) in [7, 11) is 1.55. The summed E-state index contributed by atoms with van der Waals surface area (Å²) < 4.78 is 59.7. The lowest BCUT2D eigenvalue weighted by Crippen LogP contribution is -2.71. The predicted octanol–water partition coefficient (Wildman–Crippen LogP) is -8.16. The minimum atomic E-state index is -3.13. The van der Waals surface area contributed by atoms with Crippen molar-refractivity contribution in [3.8, 4) is 0 Å². The van der Waals surface area contributed by atoms with Crippen molar-refractivity contribution in [1.82, 2.24) is 20.9 Å². The zero-order valence-corrected chi connectivity index (χ0v) is 52.4. The molecule has 6 fully saturated rings. The molecular formula is C56H94N4O31S. The third kappa shape index (κ3) is 19.2. The Hall–Kier alpha value is -3.59. The fraction of sp³-hybridized carbons (Fsp3) is 0.893. The van der Waals surface area contributed by atoms with Crippen LogP contribution in [0, 0.1) is 11.8 Å². The summed E-state index contributed by atoms with van der Waals surface area (Å²) in [5, 5.41) is 171. The van der Waals surface area contributed by atoms with Gasteiger partial charge in [-0.15, -0.1) is 11.8 Å². The van der Waals surface area contributed by atoms with Gasteiger partial charge in [-0.1, -0.05) is 20.3 Å². The molecule has 35 nitrogen and oxygen atoms in total. The number of likely N-dealkylation sites (tertiary alicyclic amines) is 1. The molecule has 5 amide bonds. The summed E-state index contributed by atoms with van der Waals surface area (Å²) >= 11 is 1.23. The number of carbonyl (C=O) groups is 6. The van der Waals surface area contributed by atoms with Gasteiger partial charge in [0.15, 0.2) is 25.2 Å². The van der Waals surface area contributed by atoms with Crippen molar-refractivity contribution in [1.29, 1.82) is 0 Å². The van der Waals surface area contributed by atoms with Gasteiger partial charge in [-0.3, -0.25) is 28.9 Å². The highest BCUT2D eigenvalue weighted by molar-refractivity contribution is 8.00. The van der Waals surface area contributed by atoms with E-state index in [1.54, 1.807) is 7.05 Å². The third-order valence-electron chi connectivity index (χ3n) is 17.2. The van der Waals surface area contributed by atoms with E-state index in [9.17, 15) is 105 Å². The molecule has 27 atom stereocenters. The van der Waals surface area contributed by atoms with Gasteiger partial charge in [0.05, 0.1) is 56.6 Å². The fourth-order valence-corrected chi connectivity index (χ4v) is 12.8. The Morgan fingerprint density at radius 3 is 1.88 bits per heavy atom. The number of nitrogens with zero attached hydrogens (tertiary/aromatic N) is 1. The van der Waals surface area contributed by atoms with E-state index in [4.69, 9.17) is 47.4 Å². The van der Waals surface area contributed by atoms with Crippen LogP contribution in [0.2, 0.25) is 0 Å². The standard InChI is InChI=1S/C56H94N4O31S/c1-24-27(67)18-56(55(80)81,90-45(24)39(73)28(68)19-61)91-49-44(78)54(86-32(23-65)46(49)87-51-25(2)38(72)40(74)29(20-62)83-51)88-47-37(59-26(3)66)52(84-30(21-63)41(47)75)89-48-42(76)31(22-64)85-53(43(48)77)82-15-10-6-8-13-58-35(70)12-16-92-33-17-36(71)60(50(33)79)14-9-5-7-11-34(69)57-4/h24-25,27-33,37-49,51-54,61-65,67-68,72-78H,5-23H2,1-4H3,(H,57,69)(H,58,70)(H,59,66)(H,80,81)/t24-,25?,27?,28+,29?,30?,31?,32?,33?,37?,38+,39+,40-,41+,42-,43?,44?,45?,46-,47+,48-,49+,51-,52-,53+,54-,56+/m0/s1. The van der Waals surface area contributed by atoms with Crippen LogP contribution in [-0.2, 0) is 76.1 Å². The number of aliphatic hydroxyl groups is 14. The molecule has 6 saturated heterocycles. The summed E-state index contributed by atoms with van der Waals surface area (Å²) in [5.41, 5.74) is 0. The molecule has 6 rings (SSSR count). The molecule has 0 aromatic rings. The summed E-state index contributed by atoms with van der Waals surface area (Å²) in [5.74, 6) is -8.98. The summed E-state index contributed by atoms with van der Waals surface area (Å²) in [4.78, 5) is 77.2. The second-order valence-electron chi connectivity index (χ2n) is 23.8. The van der Waals surface area contributed by atoms with Gasteiger partial charge in [0.1, 0.15) is 97.6 Å². The van der Waals surface area contributed by atoms with E-state index in [1.807, 2.05) is 0 Å². The molecular weight excluding hydrogens is 1260 g/mol. The molecule has 0 radical (unpaired) electrons. The zero-order valence-electron chi connectivity index (χ0n) is 51.5. The molecule has 530 valence electrons. The highest BCUT2D eigenvalue weighted by Crippen LogP contribution is 2.42. The van der Waals surface area contributed by atoms with Crippen LogP contribution < -0.4 is 16.0 Å². The van der Waals surface area contributed by atoms with Gasteiger partial charge in [0.2, 0.25) is 29.5 Å². The molecule has 18 N–H and O–H groups in total. The quantitative estimate of drug-likeness (QED) is 0.0210. The lowest BCUT2D eigenvalue weighted by atomic mass is 9.84. The smallest absolute Gasteiger partial charge is 0.364 e. The molecule has 92 heavy (non-hydrogen) atoms. The highest BCUT2D eigenvalue weighted by Gasteiger charge is 2.61. The van der Waals surface area contributed by atoms with Gasteiger partial charge >= 0.3 is 5.97 Å². The van der Waals surface area contributed by atoms with E-state index < -0.39 is 215 Å². The SMILES string of the molecule is CNC(=O)CCCCCN1C(=O)CC(SCCC(=O)NCCCCCO[C@@H]2OC(CO)[C@H](O)[C@H](O[C@@H]3OC(CO)[C@@H](O)[C@H](O[C@@H]4OC(CO)[C@H](O[C@@H]5OC(CO)[C@H](O)[C@H](O)C5C)[C@H](O[C@@]5(C(=O)O)CC(O)[C@H](C)C([C@H](O)[C@H](O)CO)O5)C4O)C3NC(C)=O)C2O)C1=O. The Morgan fingerprint density at radius 1 is 0.663 bits per heavy atom. The first-order chi connectivity index (χ1) is 43.7. The third-order valence-corrected chi connectivity index (χ3v) is 18.5. The summed E-state index contributed by atoms with van der Waals surface area (Å²) in [6.45, 7) is -0.799. The Kier molecular flexibility index (Phi) is 30.4. The maximum atomic E-state index is 13.4. The molecule has 0 bridgehead atoms. The Labute approximate surface area is 533 Å². The summed E-state index contributed by atoms with van der Waals surface area (Å²) in [6.07, 6.45) is -38.5. The van der Waals surface area contributed by atoms with Crippen LogP contribution in [0.3, 0.4) is 0 Å². The first-order valence-corrected chi connectivity index (χ1v) is 31.9. The lowest BCUT2D eigenvalue weighted by Gasteiger charge is -2.52. The van der Waals surface area contributed by atoms with Crippen LogP contribution in [0.25, 0.3) is 0 Å². The number of hydrogen-bond donors (Lipinski definition) is 18. The number of carboxylic acid groups (broad SMARTS) is 1. The van der Waals surface area contributed by atoms with Crippen LogP contribution in [-0.4, -0.2) is 335 Å². The van der Waals surface area contributed by atoms with Gasteiger partial charge in [-0.25, -0.2) is 4.79 Å². The van der Waals surface area contributed by atoms with Gasteiger partial charge in [-0.05, 0) is 32.1 Å². The van der Waals surface area contributed by atoms with Crippen LogP contribution in [0.1, 0.15) is 85.0 Å². The van der Waals surface area contributed by atoms with Crippen LogP contribution in [0.15, 0.2) is 0 Å². The lowest BCUT2D eigenvalue weighted by molar-refractivity contribution is -0.402. The predicted molar refractivity (Wildman–Crippen MR) is 307 cm³/mol. The Bertz CT molecular complexity index is 2360. The molecule has 0 spiro atoms. The maximum Gasteiger partial charge on any atom is 0.364 e. The van der Waals surface area contributed by atoms with E-state index in [-0.39, 0.29) is 56.2 Å². The van der Waals surface area contributed by atoms with E-state index >= 15 is 0 Å². The highest BCUT2D eigenvalue weighted by atomic mass is 32.2. The number of unbranched alkanes of at least 4 members (excludes halogenated alkanes) is 4. The number of thioether (sulfide) groups is 1. The van der Waals surface area contributed by atoms with Gasteiger partial charge < -0.3 is 140 Å². The van der Waals surface area contributed by atoms with Crippen molar-refractivity contribution in [2.24, 2.45) is 11.8 Å². The Balaban J connectivity index is 1.12. The second-order valence-corrected chi connectivity index (χ2v) is 25.1. The number of aliphatic hydroxyl groups excluding tert-OH is 14. The number of nitrogens with one attached hydrogen (secondary N) is 3. The number of amides is 5. The normalized spacial score (nSPS) is 39.2. The first kappa shape index (κ1) is 77.4. The van der Waals surface area contributed by atoms with Crippen molar-refractivity contribution in [3.63, 3.8) is 0 Å². The number of hydrogen-bond acceptors (Lipinski definition) is 31. The first-order valence-electron chi connectivity index (χ1n) is 30.9. The largest absolute Gasteiger partial charge is 0.477 e. The average Bonchev–Trinajstić information content (AvgIpc) is 0.889. The number of rotatable bonds is 34. The number of aliphatic carboxylic acids is 1. The average molecular weight is 1350 g/mol. The number of ether oxygens (including phenoxy) is 10. The molecule has 0 aromatic carbocycles. The van der Waals surface area contributed by atoms with Gasteiger partial charge in [0, 0.05) is 76.9 Å². The molecule has 6 aliphatic rings. The second kappa shape index (κ2) is 36.1. The molecule has 36 heteroatoms. The van der Waals surface area contributed by atoms with Crippen molar-refractivity contribution in [3.05, 3.63) is 0 Å².